The minimum atomic E-state index is -4.40. The van der Waals surface area contributed by atoms with E-state index in [0.29, 0.717) is 30.6 Å². The van der Waals surface area contributed by atoms with E-state index in [4.69, 9.17) is 5.73 Å². The molecule has 2 unspecified atom stereocenters. The van der Waals surface area contributed by atoms with Crippen LogP contribution in [0.15, 0.2) is 18.3 Å². The number of alkyl halides is 3. The van der Waals surface area contributed by atoms with Gasteiger partial charge in [-0.05, 0) is 36.9 Å². The largest absolute Gasteiger partial charge is 0.433 e. The quantitative estimate of drug-likeness (QED) is 0.900. The van der Waals surface area contributed by atoms with Crippen molar-refractivity contribution in [1.82, 2.24) is 4.98 Å². The molecule has 0 aliphatic carbocycles. The molecule has 1 aromatic heterocycles. The van der Waals surface area contributed by atoms with Crippen LogP contribution in [0.25, 0.3) is 0 Å². The Bertz CT molecular complexity index is 433. The fourth-order valence-corrected chi connectivity index (χ4v) is 2.46. The lowest BCUT2D eigenvalue weighted by molar-refractivity contribution is -0.141. The van der Waals surface area contributed by atoms with Crippen LogP contribution >= 0.6 is 0 Å². The molecule has 0 amide bonds. The van der Waals surface area contributed by atoms with Crippen molar-refractivity contribution in [2.75, 3.05) is 24.5 Å². The van der Waals surface area contributed by atoms with E-state index < -0.39 is 11.9 Å². The van der Waals surface area contributed by atoms with Crippen LogP contribution in [0.1, 0.15) is 19.0 Å². The number of aromatic nitrogens is 1. The average molecular weight is 273 g/mol. The first-order valence-electron chi connectivity index (χ1n) is 6.40. The predicted molar refractivity (Wildman–Crippen MR) is 67.8 cm³/mol. The summed E-state index contributed by atoms with van der Waals surface area (Å²) in [6.45, 7) is 4.18. The number of nitrogens with zero attached hydrogens (tertiary/aromatic N) is 2. The standard InChI is InChI=1S/C13H18F3N3/c1-9-3-5-19(8-10(9)7-17)11-2-4-18-12(6-11)13(14,15)16/h2,4,6,9-10H,3,5,7-8,17H2,1H3. The van der Waals surface area contributed by atoms with Gasteiger partial charge in [0.05, 0.1) is 0 Å². The highest BCUT2D eigenvalue weighted by Crippen LogP contribution is 2.32. The highest BCUT2D eigenvalue weighted by Gasteiger charge is 2.33. The number of piperidine rings is 1. The normalized spacial score (nSPS) is 24.6. The first-order chi connectivity index (χ1) is 8.91. The lowest BCUT2D eigenvalue weighted by Crippen LogP contribution is -2.42. The molecule has 1 fully saturated rings. The molecule has 2 N–H and O–H groups in total. The molecule has 0 aromatic carbocycles. The van der Waals surface area contributed by atoms with Crippen molar-refractivity contribution < 1.29 is 13.2 Å². The van der Waals surface area contributed by atoms with Crippen LogP contribution in [0.4, 0.5) is 18.9 Å². The maximum atomic E-state index is 12.6. The number of anilines is 1. The van der Waals surface area contributed by atoms with Crippen molar-refractivity contribution in [2.24, 2.45) is 17.6 Å². The summed E-state index contributed by atoms with van der Waals surface area (Å²) in [5, 5.41) is 0. The van der Waals surface area contributed by atoms with E-state index in [-0.39, 0.29) is 0 Å². The zero-order valence-electron chi connectivity index (χ0n) is 10.8. The zero-order valence-corrected chi connectivity index (χ0v) is 10.8. The van der Waals surface area contributed by atoms with E-state index in [2.05, 4.69) is 11.9 Å². The van der Waals surface area contributed by atoms with Crippen molar-refractivity contribution in [3.63, 3.8) is 0 Å². The van der Waals surface area contributed by atoms with Gasteiger partial charge in [0.2, 0.25) is 0 Å². The molecule has 1 saturated heterocycles. The Morgan fingerprint density at radius 2 is 2.21 bits per heavy atom. The maximum absolute atomic E-state index is 12.6. The molecule has 6 heteroatoms. The van der Waals surface area contributed by atoms with Gasteiger partial charge in [0, 0.05) is 25.0 Å². The summed E-state index contributed by atoms with van der Waals surface area (Å²) in [7, 11) is 0. The molecule has 0 bridgehead atoms. The summed E-state index contributed by atoms with van der Waals surface area (Å²) >= 11 is 0. The van der Waals surface area contributed by atoms with E-state index in [1.807, 2.05) is 4.90 Å². The Morgan fingerprint density at radius 3 is 2.84 bits per heavy atom. The van der Waals surface area contributed by atoms with Crippen LogP contribution in [-0.2, 0) is 6.18 Å². The Hall–Kier alpha value is -1.30. The summed E-state index contributed by atoms with van der Waals surface area (Å²) in [5.74, 6) is 0.849. The lowest BCUT2D eigenvalue weighted by atomic mass is 9.87. The highest BCUT2D eigenvalue weighted by molar-refractivity contribution is 5.47. The Labute approximate surface area is 110 Å². The highest BCUT2D eigenvalue weighted by atomic mass is 19.4. The van der Waals surface area contributed by atoms with Gasteiger partial charge in [-0.15, -0.1) is 0 Å². The van der Waals surface area contributed by atoms with Gasteiger partial charge in [0.15, 0.2) is 0 Å². The first-order valence-corrected chi connectivity index (χ1v) is 6.40. The van der Waals surface area contributed by atoms with Gasteiger partial charge in [-0.2, -0.15) is 13.2 Å². The molecule has 3 nitrogen and oxygen atoms in total. The van der Waals surface area contributed by atoms with Gasteiger partial charge >= 0.3 is 6.18 Å². The van der Waals surface area contributed by atoms with Gasteiger partial charge in [0.1, 0.15) is 5.69 Å². The predicted octanol–water partition coefficient (Wildman–Crippen LogP) is 2.52. The monoisotopic (exact) mass is 273 g/mol. The van der Waals surface area contributed by atoms with Gasteiger partial charge in [-0.1, -0.05) is 6.92 Å². The van der Waals surface area contributed by atoms with Crippen LogP contribution in [0, 0.1) is 11.8 Å². The number of hydrogen-bond donors (Lipinski definition) is 1. The molecule has 1 aliphatic rings. The van der Waals surface area contributed by atoms with Crippen LogP contribution in [0.2, 0.25) is 0 Å². The number of pyridine rings is 1. The molecule has 0 saturated carbocycles. The molecule has 1 aliphatic heterocycles. The minimum absolute atomic E-state index is 0.330. The van der Waals surface area contributed by atoms with E-state index in [1.54, 1.807) is 6.07 Å². The number of nitrogens with two attached hydrogens (primary N) is 1. The average Bonchev–Trinajstić information content (AvgIpc) is 2.38. The molecule has 2 atom stereocenters. The second kappa shape index (κ2) is 5.36. The summed E-state index contributed by atoms with van der Waals surface area (Å²) in [4.78, 5) is 5.35. The molecule has 0 radical (unpaired) electrons. The third-order valence-corrected chi connectivity index (χ3v) is 3.82. The van der Waals surface area contributed by atoms with Crippen molar-refractivity contribution in [3.8, 4) is 0 Å². The molecule has 0 spiro atoms. The Morgan fingerprint density at radius 1 is 1.47 bits per heavy atom. The zero-order chi connectivity index (χ0) is 14.0. The van der Waals surface area contributed by atoms with Crippen LogP contribution in [0.3, 0.4) is 0 Å². The third kappa shape index (κ3) is 3.18. The fraction of sp³-hybridized carbons (Fsp3) is 0.615. The van der Waals surface area contributed by atoms with Crippen LogP contribution in [0.5, 0.6) is 0 Å². The molecular formula is C13H18F3N3. The Kier molecular flexibility index (Phi) is 3.99. The van der Waals surface area contributed by atoms with E-state index in [1.165, 1.54) is 6.20 Å². The van der Waals surface area contributed by atoms with Crippen molar-refractivity contribution >= 4 is 5.69 Å². The lowest BCUT2D eigenvalue weighted by Gasteiger charge is -2.38. The van der Waals surface area contributed by atoms with Gasteiger partial charge in [0.25, 0.3) is 0 Å². The van der Waals surface area contributed by atoms with Gasteiger partial charge in [-0.3, -0.25) is 4.98 Å². The van der Waals surface area contributed by atoms with E-state index in [9.17, 15) is 13.2 Å². The second-order valence-electron chi connectivity index (χ2n) is 5.10. The smallest absolute Gasteiger partial charge is 0.371 e. The molecule has 106 valence electrons. The second-order valence-corrected chi connectivity index (χ2v) is 5.10. The van der Waals surface area contributed by atoms with Gasteiger partial charge in [-0.25, -0.2) is 0 Å². The van der Waals surface area contributed by atoms with Gasteiger partial charge < -0.3 is 10.6 Å². The van der Waals surface area contributed by atoms with Crippen molar-refractivity contribution in [2.45, 2.75) is 19.5 Å². The number of hydrogen-bond acceptors (Lipinski definition) is 3. The molecular weight excluding hydrogens is 255 g/mol. The SMILES string of the molecule is CC1CCN(c2ccnc(C(F)(F)F)c2)CC1CN. The first kappa shape index (κ1) is 14.1. The summed E-state index contributed by atoms with van der Waals surface area (Å²) in [6, 6.07) is 2.74. The number of rotatable bonds is 2. The molecule has 1 aromatic rings. The minimum Gasteiger partial charge on any atom is -0.371 e. The molecule has 2 heterocycles. The van der Waals surface area contributed by atoms with Crippen molar-refractivity contribution in [3.05, 3.63) is 24.0 Å². The third-order valence-electron chi connectivity index (χ3n) is 3.82. The van der Waals surface area contributed by atoms with Crippen LogP contribution in [-0.4, -0.2) is 24.6 Å². The summed E-state index contributed by atoms with van der Waals surface area (Å²) in [5.41, 5.74) is 5.45. The van der Waals surface area contributed by atoms with E-state index in [0.717, 1.165) is 19.0 Å². The van der Waals surface area contributed by atoms with Crippen molar-refractivity contribution in [1.29, 1.82) is 0 Å². The maximum Gasteiger partial charge on any atom is 0.433 e. The Balaban J connectivity index is 2.18. The molecule has 2 rings (SSSR count). The summed E-state index contributed by atoms with van der Waals surface area (Å²) in [6.07, 6.45) is -2.23. The topological polar surface area (TPSA) is 42.2 Å². The van der Waals surface area contributed by atoms with Crippen LogP contribution < -0.4 is 10.6 Å². The summed E-state index contributed by atoms with van der Waals surface area (Å²) < 4.78 is 37.9. The fourth-order valence-electron chi connectivity index (χ4n) is 2.46. The van der Waals surface area contributed by atoms with E-state index >= 15 is 0 Å². The molecule has 19 heavy (non-hydrogen) atoms. The number of halogens is 3.